The molecule has 1 saturated carbocycles. The molecule has 1 atom stereocenters. The molecule has 2 rings (SSSR count). The van der Waals surface area contributed by atoms with Crippen molar-refractivity contribution in [1.82, 2.24) is 9.79 Å². The zero-order chi connectivity index (χ0) is 17.9. The first-order valence-electron chi connectivity index (χ1n) is 7.40. The van der Waals surface area contributed by atoms with Crippen LogP contribution < -0.4 is 5.32 Å². The van der Waals surface area contributed by atoms with Crippen molar-refractivity contribution in [2.75, 3.05) is 14.2 Å². The summed E-state index contributed by atoms with van der Waals surface area (Å²) in [6, 6.07) is 5.52. The second kappa shape index (κ2) is 7.29. The minimum atomic E-state index is -3.87. The monoisotopic (exact) mass is 356 g/mol. The number of hydroxylamine groups is 1. The second-order valence-corrected chi connectivity index (χ2v) is 7.39. The van der Waals surface area contributed by atoms with E-state index in [1.165, 1.54) is 45.3 Å². The van der Waals surface area contributed by atoms with E-state index in [0.717, 1.165) is 12.8 Å². The van der Waals surface area contributed by atoms with Gasteiger partial charge in [0.05, 0.1) is 17.6 Å². The maximum Gasteiger partial charge on any atom is 0.338 e. The van der Waals surface area contributed by atoms with E-state index in [4.69, 9.17) is 4.74 Å². The van der Waals surface area contributed by atoms with Gasteiger partial charge in [-0.3, -0.25) is 9.63 Å². The summed E-state index contributed by atoms with van der Waals surface area (Å²) in [6.07, 6.45) is 0.901. The van der Waals surface area contributed by atoms with Gasteiger partial charge in [-0.25, -0.2) is 13.2 Å². The zero-order valence-electron chi connectivity index (χ0n) is 13.7. The van der Waals surface area contributed by atoms with Gasteiger partial charge in [-0.1, -0.05) is 10.5 Å². The summed E-state index contributed by atoms with van der Waals surface area (Å²) in [7, 11) is -1.41. The molecule has 0 bridgehead atoms. The molecule has 1 N–H and O–H groups in total. The van der Waals surface area contributed by atoms with Crippen molar-refractivity contribution < 1.29 is 27.6 Å². The van der Waals surface area contributed by atoms with Gasteiger partial charge in [-0.05, 0) is 38.0 Å². The van der Waals surface area contributed by atoms with Crippen LogP contribution in [0.5, 0.6) is 0 Å². The zero-order valence-corrected chi connectivity index (χ0v) is 14.5. The van der Waals surface area contributed by atoms with E-state index >= 15 is 0 Å². The van der Waals surface area contributed by atoms with Crippen LogP contribution in [0.1, 0.15) is 30.1 Å². The second-order valence-electron chi connectivity index (χ2n) is 5.46. The molecule has 1 fully saturated rings. The molecule has 1 aliphatic rings. The Kier molecular flexibility index (Phi) is 5.58. The van der Waals surface area contributed by atoms with Gasteiger partial charge >= 0.3 is 5.97 Å². The third-order valence-electron chi connectivity index (χ3n) is 3.54. The van der Waals surface area contributed by atoms with Crippen LogP contribution in [-0.4, -0.2) is 51.1 Å². The van der Waals surface area contributed by atoms with Crippen molar-refractivity contribution in [2.24, 2.45) is 0 Å². The molecule has 0 heterocycles. The average molecular weight is 356 g/mol. The first-order chi connectivity index (χ1) is 11.3. The van der Waals surface area contributed by atoms with Gasteiger partial charge in [0.2, 0.25) is 0 Å². The molecule has 0 aliphatic heterocycles. The predicted molar refractivity (Wildman–Crippen MR) is 84.4 cm³/mol. The fraction of sp³-hybridized carbons (Fsp3) is 0.467. The first-order valence-corrected chi connectivity index (χ1v) is 8.84. The smallest absolute Gasteiger partial charge is 0.338 e. The van der Waals surface area contributed by atoms with Gasteiger partial charge in [-0.15, -0.1) is 0 Å². The summed E-state index contributed by atoms with van der Waals surface area (Å²) in [6.45, 7) is 1.47. The van der Waals surface area contributed by atoms with Crippen LogP contribution >= 0.6 is 0 Å². The van der Waals surface area contributed by atoms with Gasteiger partial charge in [0.1, 0.15) is 0 Å². The molecule has 0 radical (unpaired) electrons. The van der Waals surface area contributed by atoms with Crippen LogP contribution in [0.15, 0.2) is 29.2 Å². The van der Waals surface area contributed by atoms with Crippen molar-refractivity contribution in [3.63, 3.8) is 0 Å². The summed E-state index contributed by atoms with van der Waals surface area (Å²) in [4.78, 5) is 28.5. The number of carbonyl (C=O) groups excluding carboxylic acids is 2. The molecule has 8 nitrogen and oxygen atoms in total. The minimum Gasteiger partial charge on any atom is -0.449 e. The van der Waals surface area contributed by atoms with Crippen molar-refractivity contribution in [3.8, 4) is 0 Å². The van der Waals surface area contributed by atoms with Crippen LogP contribution in [-0.2, 0) is 24.4 Å². The quantitative estimate of drug-likeness (QED) is 0.570. The summed E-state index contributed by atoms with van der Waals surface area (Å²) < 4.78 is 30.1. The number of nitrogens with zero attached hydrogens (tertiary/aromatic N) is 1. The largest absolute Gasteiger partial charge is 0.449 e. The molecule has 9 heteroatoms. The highest BCUT2D eigenvalue weighted by molar-refractivity contribution is 7.89. The van der Waals surface area contributed by atoms with E-state index in [1.54, 1.807) is 0 Å². The van der Waals surface area contributed by atoms with Gasteiger partial charge < -0.3 is 10.1 Å². The molecule has 0 spiro atoms. The number of benzene rings is 1. The van der Waals surface area contributed by atoms with E-state index in [2.05, 4.69) is 10.2 Å². The Morgan fingerprint density at radius 1 is 1.33 bits per heavy atom. The molecule has 1 aliphatic carbocycles. The van der Waals surface area contributed by atoms with Crippen molar-refractivity contribution in [1.29, 1.82) is 0 Å². The number of nitrogens with one attached hydrogen (secondary N) is 1. The molecule has 1 aromatic carbocycles. The summed E-state index contributed by atoms with van der Waals surface area (Å²) in [5.41, 5.74) is 0.0339. The number of ether oxygens (including phenoxy) is 1. The maximum absolute atomic E-state index is 12.2. The van der Waals surface area contributed by atoms with E-state index in [9.17, 15) is 18.0 Å². The number of carbonyl (C=O) groups is 2. The Hall–Kier alpha value is -1.97. The van der Waals surface area contributed by atoms with Crippen LogP contribution in [0.2, 0.25) is 0 Å². The minimum absolute atomic E-state index is 0.0339. The summed E-state index contributed by atoms with van der Waals surface area (Å²) >= 11 is 0. The molecule has 24 heavy (non-hydrogen) atoms. The molecule has 0 aromatic heterocycles. The van der Waals surface area contributed by atoms with E-state index in [-0.39, 0.29) is 22.4 Å². The highest BCUT2D eigenvalue weighted by atomic mass is 32.2. The Balaban J connectivity index is 2.09. The highest BCUT2D eigenvalue weighted by Gasteiger charge is 2.28. The van der Waals surface area contributed by atoms with Crippen molar-refractivity contribution in [2.45, 2.75) is 36.8 Å². The van der Waals surface area contributed by atoms with Crippen molar-refractivity contribution in [3.05, 3.63) is 29.8 Å². The number of sulfonamides is 1. The van der Waals surface area contributed by atoms with Crippen LogP contribution in [0.25, 0.3) is 0 Å². The normalized spacial score (nSPS) is 15.8. The van der Waals surface area contributed by atoms with Crippen LogP contribution in [0.4, 0.5) is 0 Å². The first kappa shape index (κ1) is 18.4. The Morgan fingerprint density at radius 3 is 2.58 bits per heavy atom. The fourth-order valence-electron chi connectivity index (χ4n) is 1.86. The molecule has 132 valence electrons. The van der Waals surface area contributed by atoms with Crippen LogP contribution in [0, 0.1) is 0 Å². The lowest BCUT2D eigenvalue weighted by molar-refractivity contribution is -0.129. The molecular weight excluding hydrogens is 336 g/mol. The van der Waals surface area contributed by atoms with E-state index in [0.29, 0.717) is 4.47 Å². The lowest BCUT2D eigenvalue weighted by atomic mass is 10.2. The highest BCUT2D eigenvalue weighted by Crippen LogP contribution is 2.19. The maximum atomic E-state index is 12.2. The van der Waals surface area contributed by atoms with Gasteiger partial charge in [-0.2, -0.15) is 0 Å². The molecule has 0 unspecified atom stereocenters. The number of hydrogen-bond acceptors (Lipinski definition) is 6. The van der Waals surface area contributed by atoms with Crippen LogP contribution in [0.3, 0.4) is 0 Å². The number of hydrogen-bond donors (Lipinski definition) is 1. The SMILES string of the molecule is CON(C)S(=O)(=O)c1cccc(C(=O)O[C@H](C)C(=O)NC2CC2)c1. The molecular formula is C15H20N2O6S. The summed E-state index contributed by atoms with van der Waals surface area (Å²) in [5.74, 6) is -1.14. The topological polar surface area (TPSA) is 102 Å². The lowest BCUT2D eigenvalue weighted by Gasteiger charge is -2.15. The van der Waals surface area contributed by atoms with Crippen molar-refractivity contribution >= 4 is 21.9 Å². The van der Waals surface area contributed by atoms with Gasteiger partial charge in [0.15, 0.2) is 6.10 Å². The Bertz CT molecular complexity index is 729. The van der Waals surface area contributed by atoms with Gasteiger partial charge in [0, 0.05) is 13.1 Å². The lowest BCUT2D eigenvalue weighted by Crippen LogP contribution is -2.37. The Morgan fingerprint density at radius 2 is 2.00 bits per heavy atom. The molecule has 1 aromatic rings. The third kappa shape index (κ3) is 4.31. The number of esters is 1. The fourth-order valence-corrected chi connectivity index (χ4v) is 2.88. The standard InChI is InChI=1S/C15H20N2O6S/c1-10(14(18)16-12-7-8-12)23-15(19)11-5-4-6-13(9-11)24(20,21)17(2)22-3/h4-6,9-10,12H,7-8H2,1-3H3,(H,16,18)/t10-/m1/s1. The third-order valence-corrected chi connectivity index (χ3v) is 5.22. The Labute approximate surface area is 140 Å². The predicted octanol–water partition coefficient (Wildman–Crippen LogP) is 0.692. The average Bonchev–Trinajstić information content (AvgIpc) is 3.37. The van der Waals surface area contributed by atoms with E-state index < -0.39 is 22.1 Å². The number of amides is 1. The van der Waals surface area contributed by atoms with Gasteiger partial charge in [0.25, 0.3) is 15.9 Å². The molecule has 1 amide bonds. The van der Waals surface area contributed by atoms with E-state index in [1.807, 2.05) is 0 Å². The summed E-state index contributed by atoms with van der Waals surface area (Å²) in [5, 5.41) is 2.73. The number of rotatable bonds is 7. The molecule has 0 saturated heterocycles.